The average molecular weight is 941 g/mol. The zero-order valence-electron chi connectivity index (χ0n) is 41.1. The van der Waals surface area contributed by atoms with E-state index in [0.29, 0.717) is 30.3 Å². The summed E-state index contributed by atoms with van der Waals surface area (Å²) in [5.41, 5.74) is 14.1. The summed E-state index contributed by atoms with van der Waals surface area (Å²) in [6.07, 6.45) is 2.64. The normalized spacial score (nSPS) is 10.5. The highest BCUT2D eigenvalue weighted by Gasteiger charge is 2.15. The largest absolute Gasteiger partial charge is 0.493 e. The summed E-state index contributed by atoms with van der Waals surface area (Å²) >= 11 is 0. The maximum Gasteiger partial charge on any atom is 0.338 e. The third kappa shape index (κ3) is 14.7. The van der Waals surface area contributed by atoms with Crippen molar-refractivity contribution in [3.8, 4) is 23.0 Å². The van der Waals surface area contributed by atoms with Gasteiger partial charge in [0, 0.05) is 58.6 Å². The van der Waals surface area contributed by atoms with Gasteiger partial charge < -0.3 is 28.7 Å². The van der Waals surface area contributed by atoms with E-state index < -0.39 is 11.9 Å². The van der Waals surface area contributed by atoms with Gasteiger partial charge in [-0.2, -0.15) is 0 Å². The molecule has 0 amide bonds. The van der Waals surface area contributed by atoms with Crippen LogP contribution in [-0.4, -0.2) is 25.2 Å². The molecule has 0 saturated heterocycles. The number of anilines is 6. The highest BCUT2D eigenvalue weighted by molar-refractivity contribution is 5.88. The molecule has 0 N–H and O–H groups in total. The number of esters is 2. The van der Waals surface area contributed by atoms with E-state index in [1.165, 1.54) is 22.3 Å². The van der Waals surface area contributed by atoms with E-state index in [1.54, 1.807) is 31.2 Å². The van der Waals surface area contributed by atoms with Crippen LogP contribution in [0.15, 0.2) is 219 Å². The molecular formula is C63H60N2O6. The molecule has 0 atom stereocenters. The number of nitrogens with zero attached hydrogens (tertiary/aromatic N) is 2. The van der Waals surface area contributed by atoms with Crippen molar-refractivity contribution in [2.24, 2.45) is 0 Å². The first-order valence-electron chi connectivity index (χ1n) is 23.6. The smallest absolute Gasteiger partial charge is 0.338 e. The Hall–Kier alpha value is -8.62. The zero-order valence-corrected chi connectivity index (χ0v) is 41.1. The SMILES string of the molecule is C=C(C)C(=O)Oc1ccc(CCOc2ccc(N(c3ccc(C)cc3)c3ccc(C)cc3)cc2)cc1.C=CC(=O)Oc1ccc(CCOc2ccc(N(c3ccc(C)cc3)c3ccc(C)cc3)cc2)cc1. The van der Waals surface area contributed by atoms with Gasteiger partial charge in [-0.05, 0) is 167 Å². The summed E-state index contributed by atoms with van der Waals surface area (Å²) in [6, 6.07) is 65.4. The fraction of sp³-hybridized carbons (Fsp3) is 0.143. The topological polar surface area (TPSA) is 77.5 Å². The number of hydrogen-bond donors (Lipinski definition) is 0. The quantitative estimate of drug-likeness (QED) is 0.0478. The standard InChI is InChI=1S/C32H31NO3.C31H29NO3/c1-23(2)32(34)36-31-17-9-26(10-18-31)21-22-35-30-19-15-29(16-20-30)33(27-11-5-24(3)6-12-27)28-13-7-25(4)8-14-28;1-4-31(33)35-30-17-9-25(10-18-30)21-22-34-29-19-15-28(16-20-29)32(26-11-5-23(2)6-12-26)27-13-7-24(3)8-14-27/h5-20H,1,21-22H2,2-4H3;4-20H,1,21-22H2,2-3H3. The van der Waals surface area contributed by atoms with E-state index in [2.05, 4.69) is 172 Å². The van der Waals surface area contributed by atoms with Crippen molar-refractivity contribution in [2.75, 3.05) is 23.0 Å². The minimum Gasteiger partial charge on any atom is -0.493 e. The summed E-state index contributed by atoms with van der Waals surface area (Å²) < 4.78 is 22.3. The van der Waals surface area contributed by atoms with Crippen LogP contribution in [0, 0.1) is 27.7 Å². The molecule has 0 aliphatic carbocycles. The van der Waals surface area contributed by atoms with Crippen molar-refractivity contribution >= 4 is 46.1 Å². The minimum absolute atomic E-state index is 0.374. The molecule has 358 valence electrons. The van der Waals surface area contributed by atoms with Crippen molar-refractivity contribution in [3.63, 3.8) is 0 Å². The van der Waals surface area contributed by atoms with Crippen molar-refractivity contribution < 1.29 is 28.5 Å². The molecule has 0 aliphatic heterocycles. The lowest BCUT2D eigenvalue weighted by Gasteiger charge is -2.26. The van der Waals surface area contributed by atoms with E-state index >= 15 is 0 Å². The third-order valence-electron chi connectivity index (χ3n) is 11.5. The summed E-state index contributed by atoms with van der Waals surface area (Å²) in [5.74, 6) is 1.76. The molecule has 8 aromatic carbocycles. The molecule has 0 aromatic heterocycles. The van der Waals surface area contributed by atoms with E-state index in [9.17, 15) is 9.59 Å². The first-order chi connectivity index (χ1) is 34.4. The number of ether oxygens (including phenoxy) is 4. The van der Waals surface area contributed by atoms with Gasteiger partial charge in [0.2, 0.25) is 0 Å². The molecule has 0 fully saturated rings. The van der Waals surface area contributed by atoms with Crippen molar-refractivity contribution in [1.29, 1.82) is 0 Å². The van der Waals surface area contributed by atoms with Crippen LogP contribution in [0.3, 0.4) is 0 Å². The highest BCUT2D eigenvalue weighted by Crippen LogP contribution is 2.37. The second-order valence-electron chi connectivity index (χ2n) is 17.3. The molecule has 0 unspecified atom stereocenters. The molecule has 8 nitrogen and oxygen atoms in total. The molecule has 0 spiro atoms. The fourth-order valence-electron chi connectivity index (χ4n) is 7.43. The molecule has 0 aliphatic rings. The molecule has 8 heteroatoms. The highest BCUT2D eigenvalue weighted by atomic mass is 16.5. The number of rotatable bonds is 18. The number of hydrogen-bond acceptors (Lipinski definition) is 8. The lowest BCUT2D eigenvalue weighted by Crippen LogP contribution is -2.10. The predicted molar refractivity (Wildman–Crippen MR) is 289 cm³/mol. The Kier molecular flexibility index (Phi) is 17.4. The van der Waals surface area contributed by atoms with E-state index in [4.69, 9.17) is 18.9 Å². The molecule has 0 heterocycles. The second-order valence-corrected chi connectivity index (χ2v) is 17.3. The minimum atomic E-state index is -0.465. The van der Waals surface area contributed by atoms with Gasteiger partial charge >= 0.3 is 11.9 Å². The van der Waals surface area contributed by atoms with Gasteiger partial charge in [0.05, 0.1) is 13.2 Å². The summed E-state index contributed by atoms with van der Waals surface area (Å²) in [4.78, 5) is 27.4. The van der Waals surface area contributed by atoms with Crippen molar-refractivity contribution in [1.82, 2.24) is 0 Å². The van der Waals surface area contributed by atoms with Crippen LogP contribution in [0.4, 0.5) is 34.1 Å². The lowest BCUT2D eigenvalue weighted by molar-refractivity contribution is -0.130. The maximum absolute atomic E-state index is 11.6. The van der Waals surface area contributed by atoms with E-state index in [1.807, 2.05) is 48.5 Å². The van der Waals surface area contributed by atoms with E-state index in [-0.39, 0.29) is 0 Å². The molecule has 0 bridgehead atoms. The van der Waals surface area contributed by atoms with Crippen LogP contribution in [0.2, 0.25) is 0 Å². The number of carbonyl (C=O) groups is 2. The summed E-state index contributed by atoms with van der Waals surface area (Å²) in [6.45, 7) is 18.1. The Bertz CT molecular complexity index is 2890. The van der Waals surface area contributed by atoms with Crippen LogP contribution < -0.4 is 28.7 Å². The molecule has 8 aromatic rings. The first-order valence-corrected chi connectivity index (χ1v) is 23.6. The predicted octanol–water partition coefficient (Wildman–Crippen LogP) is 15.4. The van der Waals surface area contributed by atoms with Gasteiger partial charge in [0.1, 0.15) is 23.0 Å². The van der Waals surface area contributed by atoms with Gasteiger partial charge in [0.15, 0.2) is 0 Å². The van der Waals surface area contributed by atoms with Gasteiger partial charge in [-0.3, -0.25) is 0 Å². The molecule has 8 rings (SSSR count). The van der Waals surface area contributed by atoms with Crippen LogP contribution in [0.1, 0.15) is 40.3 Å². The number of benzene rings is 8. The Morgan fingerprint density at radius 3 is 0.958 bits per heavy atom. The molecule has 71 heavy (non-hydrogen) atoms. The monoisotopic (exact) mass is 940 g/mol. The van der Waals surface area contributed by atoms with Crippen LogP contribution in [-0.2, 0) is 22.4 Å². The first kappa shape index (κ1) is 50.3. The second kappa shape index (κ2) is 24.6. The van der Waals surface area contributed by atoms with Gasteiger partial charge in [-0.25, -0.2) is 9.59 Å². The number of carbonyl (C=O) groups excluding carboxylic acids is 2. The van der Waals surface area contributed by atoms with Gasteiger partial charge in [0.25, 0.3) is 0 Å². The Morgan fingerprint density at radius 2 is 0.676 bits per heavy atom. The third-order valence-corrected chi connectivity index (χ3v) is 11.5. The Labute approximate surface area is 418 Å². The molecule has 0 radical (unpaired) electrons. The maximum atomic E-state index is 11.6. The van der Waals surface area contributed by atoms with Crippen molar-refractivity contribution in [3.05, 3.63) is 252 Å². The molecular weight excluding hydrogens is 881 g/mol. The molecule has 0 saturated carbocycles. The number of aryl methyl sites for hydroxylation is 4. The van der Waals surface area contributed by atoms with Crippen LogP contribution >= 0.6 is 0 Å². The van der Waals surface area contributed by atoms with Gasteiger partial charge in [-0.1, -0.05) is 108 Å². The Morgan fingerprint density at radius 1 is 0.408 bits per heavy atom. The average Bonchev–Trinajstić information content (AvgIpc) is 3.38. The fourth-order valence-corrected chi connectivity index (χ4v) is 7.43. The van der Waals surface area contributed by atoms with Gasteiger partial charge in [-0.15, -0.1) is 0 Å². The van der Waals surface area contributed by atoms with Crippen molar-refractivity contribution in [2.45, 2.75) is 47.5 Å². The zero-order chi connectivity index (χ0) is 50.1. The summed E-state index contributed by atoms with van der Waals surface area (Å²) in [7, 11) is 0. The van der Waals surface area contributed by atoms with Crippen LogP contribution in [0.5, 0.6) is 23.0 Å². The Balaban J connectivity index is 0.000000209. The van der Waals surface area contributed by atoms with E-state index in [0.717, 1.165) is 75.7 Å². The lowest BCUT2D eigenvalue weighted by atomic mass is 10.1. The van der Waals surface area contributed by atoms with Crippen LogP contribution in [0.25, 0.3) is 0 Å². The summed E-state index contributed by atoms with van der Waals surface area (Å²) in [5, 5.41) is 0.